The number of benzene rings is 1. The van der Waals surface area contributed by atoms with Gasteiger partial charge in [-0.05, 0) is 36.8 Å². The first-order chi connectivity index (χ1) is 8.17. The van der Waals surface area contributed by atoms with Crippen LogP contribution < -0.4 is 11.1 Å². The maximum absolute atomic E-state index is 5.76. The molecule has 18 heavy (non-hydrogen) atoms. The van der Waals surface area contributed by atoms with E-state index in [2.05, 4.69) is 48.6 Å². The van der Waals surface area contributed by atoms with E-state index >= 15 is 0 Å². The molecule has 1 aromatic carbocycles. The van der Waals surface area contributed by atoms with Crippen molar-refractivity contribution >= 4 is 41.7 Å². The van der Waals surface area contributed by atoms with Crippen molar-refractivity contribution in [3.8, 4) is 0 Å². The SMILES string of the molecule is CCCNC(N)=NCc1ccc(C)cc1SC.I. The summed E-state index contributed by atoms with van der Waals surface area (Å²) in [6.07, 6.45) is 3.14. The third-order valence-electron chi connectivity index (χ3n) is 2.42. The number of hydrogen-bond acceptors (Lipinski definition) is 2. The van der Waals surface area contributed by atoms with Crippen LogP contribution in [0.5, 0.6) is 0 Å². The van der Waals surface area contributed by atoms with Crippen LogP contribution in [0.15, 0.2) is 28.1 Å². The van der Waals surface area contributed by atoms with E-state index in [1.165, 1.54) is 16.0 Å². The molecule has 1 rings (SSSR count). The van der Waals surface area contributed by atoms with E-state index in [4.69, 9.17) is 5.73 Å². The number of nitrogens with zero attached hydrogens (tertiary/aromatic N) is 1. The molecular weight excluding hydrogens is 357 g/mol. The first-order valence-electron chi connectivity index (χ1n) is 5.84. The summed E-state index contributed by atoms with van der Waals surface area (Å²) in [5.41, 5.74) is 8.26. The normalized spacial score (nSPS) is 10.9. The van der Waals surface area contributed by atoms with Crippen molar-refractivity contribution in [2.24, 2.45) is 10.7 Å². The number of aryl methyl sites for hydroxylation is 1. The molecule has 0 aliphatic carbocycles. The molecule has 3 nitrogen and oxygen atoms in total. The second-order valence-corrected chi connectivity index (χ2v) is 4.79. The molecule has 0 saturated heterocycles. The average molecular weight is 379 g/mol. The Morgan fingerprint density at radius 3 is 2.78 bits per heavy atom. The van der Waals surface area contributed by atoms with Crippen LogP contribution in [-0.4, -0.2) is 18.8 Å². The Morgan fingerprint density at radius 1 is 1.44 bits per heavy atom. The summed E-state index contributed by atoms with van der Waals surface area (Å²) >= 11 is 1.75. The van der Waals surface area contributed by atoms with Gasteiger partial charge in [0, 0.05) is 11.4 Å². The first kappa shape index (κ1) is 17.6. The van der Waals surface area contributed by atoms with Crippen molar-refractivity contribution in [3.63, 3.8) is 0 Å². The molecule has 0 unspecified atom stereocenters. The second-order valence-electron chi connectivity index (χ2n) is 3.94. The van der Waals surface area contributed by atoms with E-state index in [0.717, 1.165) is 13.0 Å². The molecule has 3 N–H and O–H groups in total. The van der Waals surface area contributed by atoms with Crippen molar-refractivity contribution in [2.45, 2.75) is 31.7 Å². The molecule has 1 aromatic rings. The summed E-state index contributed by atoms with van der Waals surface area (Å²) in [4.78, 5) is 5.62. The fourth-order valence-electron chi connectivity index (χ4n) is 1.46. The molecule has 0 amide bonds. The van der Waals surface area contributed by atoms with E-state index in [9.17, 15) is 0 Å². The fraction of sp³-hybridized carbons (Fsp3) is 0.462. The number of rotatable bonds is 5. The summed E-state index contributed by atoms with van der Waals surface area (Å²) in [5, 5.41) is 3.07. The lowest BCUT2D eigenvalue weighted by Gasteiger charge is -2.07. The summed E-state index contributed by atoms with van der Waals surface area (Å²) < 4.78 is 0. The lowest BCUT2D eigenvalue weighted by molar-refractivity contribution is 0.824. The fourth-order valence-corrected chi connectivity index (χ4v) is 2.16. The molecule has 0 fully saturated rings. The van der Waals surface area contributed by atoms with Gasteiger partial charge in [-0.1, -0.05) is 19.1 Å². The highest BCUT2D eigenvalue weighted by atomic mass is 127. The van der Waals surface area contributed by atoms with Crippen LogP contribution in [0.1, 0.15) is 24.5 Å². The van der Waals surface area contributed by atoms with Crippen LogP contribution in [0.2, 0.25) is 0 Å². The van der Waals surface area contributed by atoms with Gasteiger partial charge in [0.1, 0.15) is 0 Å². The zero-order valence-electron chi connectivity index (χ0n) is 11.2. The van der Waals surface area contributed by atoms with Gasteiger partial charge in [-0.25, -0.2) is 4.99 Å². The molecule has 0 bridgehead atoms. The van der Waals surface area contributed by atoms with E-state index in [-0.39, 0.29) is 24.0 Å². The van der Waals surface area contributed by atoms with Crippen molar-refractivity contribution in [1.29, 1.82) is 0 Å². The molecule has 0 aromatic heterocycles. The Kier molecular flexibility index (Phi) is 9.27. The number of hydrogen-bond donors (Lipinski definition) is 2. The van der Waals surface area contributed by atoms with Gasteiger partial charge >= 0.3 is 0 Å². The van der Waals surface area contributed by atoms with Gasteiger partial charge in [0.2, 0.25) is 0 Å². The average Bonchev–Trinajstić information content (AvgIpc) is 2.34. The van der Waals surface area contributed by atoms with Crippen molar-refractivity contribution in [3.05, 3.63) is 29.3 Å². The minimum atomic E-state index is 0. The minimum Gasteiger partial charge on any atom is -0.370 e. The van der Waals surface area contributed by atoms with Crippen molar-refractivity contribution in [2.75, 3.05) is 12.8 Å². The molecule has 0 aliphatic rings. The Labute approximate surface area is 131 Å². The van der Waals surface area contributed by atoms with Gasteiger partial charge in [0.05, 0.1) is 6.54 Å². The third kappa shape index (κ3) is 5.95. The van der Waals surface area contributed by atoms with Crippen LogP contribution in [0, 0.1) is 6.92 Å². The Balaban J connectivity index is 0.00000289. The lowest BCUT2D eigenvalue weighted by atomic mass is 10.1. The summed E-state index contributed by atoms with van der Waals surface area (Å²) in [5.74, 6) is 0.527. The Hall–Kier alpha value is -0.430. The quantitative estimate of drug-likeness (QED) is 0.358. The number of nitrogens with one attached hydrogen (secondary N) is 1. The van der Waals surface area contributed by atoms with Crippen LogP contribution in [0.4, 0.5) is 0 Å². The predicted molar refractivity (Wildman–Crippen MR) is 92.0 cm³/mol. The molecule has 5 heteroatoms. The third-order valence-corrected chi connectivity index (χ3v) is 3.24. The van der Waals surface area contributed by atoms with Crippen LogP contribution in [-0.2, 0) is 6.54 Å². The molecule has 0 atom stereocenters. The van der Waals surface area contributed by atoms with Gasteiger partial charge in [-0.2, -0.15) is 0 Å². The van der Waals surface area contributed by atoms with E-state index < -0.39 is 0 Å². The van der Waals surface area contributed by atoms with Gasteiger partial charge in [0.25, 0.3) is 0 Å². The predicted octanol–water partition coefficient (Wildman–Crippen LogP) is 3.15. The Bertz CT molecular complexity index is 394. The molecule has 0 spiro atoms. The van der Waals surface area contributed by atoms with Gasteiger partial charge in [0.15, 0.2) is 5.96 Å². The van der Waals surface area contributed by atoms with Gasteiger partial charge in [-0.15, -0.1) is 35.7 Å². The van der Waals surface area contributed by atoms with Crippen molar-refractivity contribution < 1.29 is 0 Å². The topological polar surface area (TPSA) is 50.4 Å². The molecule has 0 radical (unpaired) electrons. The molecule has 0 saturated carbocycles. The largest absolute Gasteiger partial charge is 0.370 e. The molecule has 0 aliphatic heterocycles. The standard InChI is InChI=1S/C13H21N3S.HI/c1-4-7-15-13(14)16-9-11-6-5-10(2)8-12(11)17-3;/h5-6,8H,4,7,9H2,1-3H3,(H3,14,15,16);1H. The van der Waals surface area contributed by atoms with E-state index in [1.54, 1.807) is 11.8 Å². The molecular formula is C13H22IN3S. The van der Waals surface area contributed by atoms with E-state index in [1.807, 2.05) is 0 Å². The van der Waals surface area contributed by atoms with Gasteiger partial charge in [-0.3, -0.25) is 0 Å². The van der Waals surface area contributed by atoms with Gasteiger partial charge < -0.3 is 11.1 Å². The van der Waals surface area contributed by atoms with Crippen LogP contribution in [0.25, 0.3) is 0 Å². The van der Waals surface area contributed by atoms with E-state index in [0.29, 0.717) is 12.5 Å². The zero-order valence-corrected chi connectivity index (χ0v) is 14.3. The highest BCUT2D eigenvalue weighted by Gasteiger charge is 2.01. The van der Waals surface area contributed by atoms with Crippen LogP contribution >= 0.6 is 35.7 Å². The maximum Gasteiger partial charge on any atom is 0.188 e. The lowest BCUT2D eigenvalue weighted by Crippen LogP contribution is -2.32. The highest BCUT2D eigenvalue weighted by molar-refractivity contribution is 14.0. The summed E-state index contributed by atoms with van der Waals surface area (Å²) in [7, 11) is 0. The first-order valence-corrected chi connectivity index (χ1v) is 7.07. The molecule has 102 valence electrons. The Morgan fingerprint density at radius 2 is 2.17 bits per heavy atom. The number of halogens is 1. The highest BCUT2D eigenvalue weighted by Crippen LogP contribution is 2.22. The molecule has 0 heterocycles. The van der Waals surface area contributed by atoms with Crippen LogP contribution in [0.3, 0.4) is 0 Å². The monoisotopic (exact) mass is 379 g/mol. The number of nitrogens with two attached hydrogens (primary N) is 1. The minimum absolute atomic E-state index is 0. The second kappa shape index (κ2) is 9.49. The zero-order chi connectivity index (χ0) is 12.7. The van der Waals surface area contributed by atoms with Crippen molar-refractivity contribution in [1.82, 2.24) is 5.32 Å². The smallest absolute Gasteiger partial charge is 0.188 e. The maximum atomic E-state index is 5.76. The number of guanidine groups is 1. The number of aliphatic imine (C=N–C) groups is 1. The summed E-state index contributed by atoms with van der Waals surface area (Å²) in [6, 6.07) is 6.42. The summed E-state index contributed by atoms with van der Waals surface area (Å²) in [6.45, 7) is 5.72. The number of thioether (sulfide) groups is 1.